The van der Waals surface area contributed by atoms with Crippen molar-refractivity contribution in [2.45, 2.75) is 18.9 Å². The van der Waals surface area contributed by atoms with Crippen LogP contribution < -0.4 is 5.32 Å². The van der Waals surface area contributed by atoms with Crippen LogP contribution in [-0.2, 0) is 17.6 Å². The second-order valence-electron chi connectivity index (χ2n) is 6.83. The molecule has 0 fully saturated rings. The number of imidazole rings is 1. The number of hydrogen-bond acceptors (Lipinski definition) is 2. The third-order valence-corrected chi connectivity index (χ3v) is 5.11. The van der Waals surface area contributed by atoms with E-state index in [4.69, 9.17) is 11.6 Å². The lowest BCUT2D eigenvalue weighted by molar-refractivity contribution is -0.121. The van der Waals surface area contributed by atoms with Gasteiger partial charge in [0.05, 0.1) is 23.5 Å². The zero-order valence-corrected chi connectivity index (χ0v) is 16.3. The van der Waals surface area contributed by atoms with Gasteiger partial charge in [-0.1, -0.05) is 60.1 Å². The van der Waals surface area contributed by atoms with Gasteiger partial charge in [0.25, 0.3) is 0 Å². The molecule has 4 rings (SSSR count). The van der Waals surface area contributed by atoms with E-state index in [1.807, 2.05) is 54.6 Å². The molecule has 0 radical (unpaired) electrons. The first-order valence-electron chi connectivity index (χ1n) is 9.31. The van der Waals surface area contributed by atoms with Crippen LogP contribution in [0.4, 0.5) is 4.39 Å². The highest BCUT2D eigenvalue weighted by Crippen LogP contribution is 2.22. The number of rotatable bonds is 6. The topological polar surface area (TPSA) is 57.8 Å². The zero-order chi connectivity index (χ0) is 20.2. The minimum Gasteiger partial charge on any atom is -0.346 e. The van der Waals surface area contributed by atoms with E-state index in [0.29, 0.717) is 12.2 Å². The van der Waals surface area contributed by atoms with Crippen LogP contribution in [0.3, 0.4) is 0 Å². The fourth-order valence-electron chi connectivity index (χ4n) is 3.31. The predicted molar refractivity (Wildman–Crippen MR) is 112 cm³/mol. The number of nitrogens with one attached hydrogen (secondary N) is 2. The quantitative estimate of drug-likeness (QED) is 0.472. The Morgan fingerprint density at radius 1 is 1.03 bits per heavy atom. The molecule has 2 N–H and O–H groups in total. The van der Waals surface area contributed by atoms with Crippen LogP contribution in [0.5, 0.6) is 0 Å². The average molecular weight is 408 g/mol. The maximum Gasteiger partial charge on any atom is 0.225 e. The minimum absolute atomic E-state index is 0.142. The number of carbonyl (C=O) groups excluding carboxylic acids is 1. The number of carbonyl (C=O) groups is 1. The molecule has 0 aliphatic rings. The van der Waals surface area contributed by atoms with Crippen LogP contribution in [0.2, 0.25) is 5.02 Å². The second kappa shape index (κ2) is 8.45. The van der Waals surface area contributed by atoms with Gasteiger partial charge in [0, 0.05) is 10.6 Å². The Balaban J connectivity index is 1.60. The van der Waals surface area contributed by atoms with Gasteiger partial charge in [0.2, 0.25) is 5.91 Å². The van der Waals surface area contributed by atoms with Crippen molar-refractivity contribution in [2.75, 3.05) is 0 Å². The van der Waals surface area contributed by atoms with Crippen molar-refractivity contribution in [1.82, 2.24) is 15.3 Å². The van der Waals surface area contributed by atoms with Gasteiger partial charge in [-0.3, -0.25) is 4.79 Å². The Labute approximate surface area is 172 Å². The van der Waals surface area contributed by atoms with Crippen LogP contribution in [0, 0.1) is 5.82 Å². The van der Waals surface area contributed by atoms with Gasteiger partial charge in [0.15, 0.2) is 0 Å². The molecule has 6 heteroatoms. The maximum absolute atomic E-state index is 14.1. The van der Waals surface area contributed by atoms with E-state index in [1.54, 1.807) is 6.07 Å². The SMILES string of the molecule is O=C(Cc1c(F)cccc1Cl)N[C@@H](Cc1ccccc1)c1nc2ccccc2[nH]1. The van der Waals surface area contributed by atoms with Gasteiger partial charge >= 0.3 is 0 Å². The number of para-hydroxylation sites is 2. The van der Waals surface area contributed by atoms with Crippen molar-refractivity contribution in [3.8, 4) is 0 Å². The van der Waals surface area contributed by atoms with E-state index in [2.05, 4.69) is 15.3 Å². The third kappa shape index (κ3) is 4.46. The number of fused-ring (bicyclic) bond motifs is 1. The van der Waals surface area contributed by atoms with Crippen LogP contribution in [0.1, 0.15) is 23.0 Å². The molecule has 1 atom stereocenters. The molecular formula is C23H19ClFN3O. The van der Waals surface area contributed by atoms with Gasteiger partial charge in [0.1, 0.15) is 11.6 Å². The fraction of sp³-hybridized carbons (Fsp3) is 0.130. The number of amides is 1. The average Bonchev–Trinajstić information content (AvgIpc) is 3.15. The first-order valence-corrected chi connectivity index (χ1v) is 9.69. The fourth-order valence-corrected chi connectivity index (χ4v) is 3.54. The summed E-state index contributed by atoms with van der Waals surface area (Å²) in [4.78, 5) is 20.6. The number of halogens is 2. The lowest BCUT2D eigenvalue weighted by atomic mass is 10.0. The summed E-state index contributed by atoms with van der Waals surface area (Å²) in [6.45, 7) is 0. The van der Waals surface area contributed by atoms with Crippen molar-refractivity contribution < 1.29 is 9.18 Å². The molecule has 146 valence electrons. The van der Waals surface area contributed by atoms with Crippen molar-refractivity contribution >= 4 is 28.5 Å². The van der Waals surface area contributed by atoms with Crippen molar-refractivity contribution in [2.24, 2.45) is 0 Å². The van der Waals surface area contributed by atoms with Gasteiger partial charge < -0.3 is 10.3 Å². The van der Waals surface area contributed by atoms with Crippen LogP contribution in [-0.4, -0.2) is 15.9 Å². The van der Waals surface area contributed by atoms with Crippen LogP contribution in [0.15, 0.2) is 72.8 Å². The molecule has 4 nitrogen and oxygen atoms in total. The molecule has 0 aliphatic heterocycles. The normalized spacial score (nSPS) is 12.1. The Kier molecular flexibility index (Phi) is 5.58. The highest BCUT2D eigenvalue weighted by atomic mass is 35.5. The highest BCUT2D eigenvalue weighted by molar-refractivity contribution is 6.31. The monoisotopic (exact) mass is 407 g/mol. The molecule has 3 aromatic carbocycles. The standard InChI is InChI=1S/C23H19ClFN3O/c24-17-9-6-10-18(25)16(17)14-22(29)26-21(13-15-7-2-1-3-8-15)23-27-19-11-4-5-12-20(19)28-23/h1-12,21H,13-14H2,(H,26,29)(H,27,28)/t21-/m0/s1. The number of H-pyrrole nitrogens is 1. The molecule has 0 saturated carbocycles. The van der Waals surface area contributed by atoms with Gasteiger partial charge in [-0.2, -0.15) is 0 Å². The summed E-state index contributed by atoms with van der Waals surface area (Å²) in [5.74, 6) is -0.155. The highest BCUT2D eigenvalue weighted by Gasteiger charge is 2.20. The summed E-state index contributed by atoms with van der Waals surface area (Å²) in [7, 11) is 0. The first kappa shape index (κ1) is 19.2. The smallest absolute Gasteiger partial charge is 0.225 e. The summed E-state index contributed by atoms with van der Waals surface area (Å²) >= 11 is 6.07. The molecule has 0 unspecified atom stereocenters. The van der Waals surface area contributed by atoms with Crippen molar-refractivity contribution in [1.29, 1.82) is 0 Å². The number of benzene rings is 3. The van der Waals surface area contributed by atoms with Crippen LogP contribution >= 0.6 is 11.6 Å². The van der Waals surface area contributed by atoms with E-state index >= 15 is 0 Å². The molecule has 0 saturated heterocycles. The molecular weight excluding hydrogens is 389 g/mol. The Bertz CT molecular complexity index is 1090. The van der Waals surface area contributed by atoms with Gasteiger partial charge in [-0.05, 0) is 36.2 Å². The lowest BCUT2D eigenvalue weighted by Crippen LogP contribution is -2.32. The summed E-state index contributed by atoms with van der Waals surface area (Å²) in [6.07, 6.45) is 0.411. The molecule has 0 spiro atoms. The molecule has 1 amide bonds. The predicted octanol–water partition coefficient (Wildman–Crippen LogP) is 5.00. The van der Waals surface area contributed by atoms with Crippen LogP contribution in [0.25, 0.3) is 11.0 Å². The van der Waals surface area contributed by atoms with E-state index in [9.17, 15) is 9.18 Å². The first-order chi connectivity index (χ1) is 14.1. The summed E-state index contributed by atoms with van der Waals surface area (Å²) in [6, 6.07) is 21.5. The van der Waals surface area contributed by atoms with Crippen molar-refractivity contribution in [3.63, 3.8) is 0 Å². The maximum atomic E-state index is 14.1. The summed E-state index contributed by atoms with van der Waals surface area (Å²) < 4.78 is 14.1. The molecule has 0 bridgehead atoms. The van der Waals surface area contributed by atoms with E-state index in [-0.39, 0.29) is 29.0 Å². The summed E-state index contributed by atoms with van der Waals surface area (Å²) in [5, 5.41) is 3.23. The van der Waals surface area contributed by atoms with Crippen molar-refractivity contribution in [3.05, 3.63) is 101 Å². The third-order valence-electron chi connectivity index (χ3n) is 4.75. The second-order valence-corrected chi connectivity index (χ2v) is 7.23. The van der Waals surface area contributed by atoms with Gasteiger partial charge in [-0.15, -0.1) is 0 Å². The molecule has 29 heavy (non-hydrogen) atoms. The molecule has 0 aliphatic carbocycles. The number of nitrogens with zero attached hydrogens (tertiary/aromatic N) is 1. The lowest BCUT2D eigenvalue weighted by Gasteiger charge is -2.17. The largest absolute Gasteiger partial charge is 0.346 e. The van der Waals surface area contributed by atoms with Gasteiger partial charge in [-0.25, -0.2) is 9.37 Å². The molecule has 1 heterocycles. The Hall–Kier alpha value is -3.18. The number of aromatic nitrogens is 2. The summed E-state index contributed by atoms with van der Waals surface area (Å²) in [5.41, 5.74) is 2.97. The zero-order valence-electron chi connectivity index (χ0n) is 15.5. The molecule has 1 aromatic heterocycles. The Morgan fingerprint density at radius 2 is 1.79 bits per heavy atom. The van der Waals surface area contributed by atoms with E-state index in [1.165, 1.54) is 12.1 Å². The minimum atomic E-state index is -0.490. The number of hydrogen-bond donors (Lipinski definition) is 2. The van der Waals surface area contributed by atoms with E-state index in [0.717, 1.165) is 16.6 Å². The van der Waals surface area contributed by atoms with E-state index < -0.39 is 5.82 Å². The number of aromatic amines is 1. The molecule has 4 aromatic rings. The Morgan fingerprint density at radius 3 is 2.55 bits per heavy atom.